The van der Waals surface area contributed by atoms with Crippen LogP contribution >= 0.6 is 35.6 Å². The van der Waals surface area contributed by atoms with Crippen LogP contribution in [0.4, 0.5) is 0 Å². The average molecular weight is 584 g/mol. The van der Waals surface area contributed by atoms with Gasteiger partial charge in [0.2, 0.25) is 0 Å². The summed E-state index contributed by atoms with van der Waals surface area (Å²) >= 11 is 13.1. The van der Waals surface area contributed by atoms with Crippen LogP contribution in [0.15, 0.2) is 113 Å². The molecule has 40 heavy (non-hydrogen) atoms. The van der Waals surface area contributed by atoms with E-state index in [1.54, 1.807) is 17.2 Å². The highest BCUT2D eigenvalue weighted by Gasteiger charge is 2.33. The van der Waals surface area contributed by atoms with Gasteiger partial charge in [-0.15, -0.1) is 0 Å². The third-order valence-corrected chi connectivity index (χ3v) is 8.02. The van der Waals surface area contributed by atoms with Gasteiger partial charge in [-0.2, -0.15) is 5.10 Å². The first-order valence-electron chi connectivity index (χ1n) is 12.4. The van der Waals surface area contributed by atoms with Gasteiger partial charge in [-0.25, -0.2) is 4.68 Å². The first-order chi connectivity index (χ1) is 19.5. The summed E-state index contributed by atoms with van der Waals surface area (Å²) in [5, 5.41) is 5.56. The third kappa shape index (κ3) is 5.60. The lowest BCUT2D eigenvalue weighted by molar-refractivity contribution is -0.122. The molecule has 6 nitrogen and oxygen atoms in total. The summed E-state index contributed by atoms with van der Waals surface area (Å²) < 4.78 is 13.8. The second kappa shape index (κ2) is 11.6. The number of halogens is 1. The van der Waals surface area contributed by atoms with E-state index in [2.05, 4.69) is 0 Å². The largest absolute Gasteiger partial charge is 0.489 e. The van der Waals surface area contributed by atoms with Crippen molar-refractivity contribution in [2.45, 2.75) is 13.2 Å². The van der Waals surface area contributed by atoms with E-state index in [1.807, 2.05) is 102 Å². The van der Waals surface area contributed by atoms with E-state index < -0.39 is 0 Å². The quantitative estimate of drug-likeness (QED) is 0.137. The Hall–Kier alpha value is -4.11. The molecule has 0 atom stereocenters. The molecule has 0 N–H and O–H groups in total. The van der Waals surface area contributed by atoms with Gasteiger partial charge < -0.3 is 9.15 Å². The topological polar surface area (TPSA) is 60.5 Å². The molecule has 0 spiro atoms. The van der Waals surface area contributed by atoms with E-state index in [9.17, 15) is 4.79 Å². The van der Waals surface area contributed by atoms with Crippen LogP contribution in [0, 0.1) is 0 Å². The molecule has 1 amide bonds. The van der Waals surface area contributed by atoms with E-state index in [4.69, 9.17) is 38.1 Å². The zero-order valence-electron chi connectivity index (χ0n) is 21.1. The van der Waals surface area contributed by atoms with E-state index in [0.717, 1.165) is 22.4 Å². The average Bonchev–Trinajstić information content (AvgIpc) is 3.71. The van der Waals surface area contributed by atoms with Crippen LogP contribution in [0.25, 0.3) is 23.0 Å². The van der Waals surface area contributed by atoms with Crippen LogP contribution in [0.1, 0.15) is 16.9 Å². The number of thioether (sulfide) groups is 1. The zero-order valence-corrected chi connectivity index (χ0v) is 23.5. The van der Waals surface area contributed by atoms with E-state index >= 15 is 0 Å². The van der Waals surface area contributed by atoms with Crippen LogP contribution in [0.5, 0.6) is 5.75 Å². The molecule has 1 aliphatic rings. The van der Waals surface area contributed by atoms with Crippen molar-refractivity contribution in [3.8, 4) is 22.7 Å². The molecule has 3 aromatic carbocycles. The Balaban J connectivity index is 1.33. The number of carbonyl (C=O) groups excluding carboxylic acids is 1. The lowest BCUT2D eigenvalue weighted by Crippen LogP contribution is -2.27. The number of ether oxygens (including phenoxy) is 1. The number of carbonyl (C=O) groups is 1. The maximum Gasteiger partial charge on any atom is 0.266 e. The molecule has 1 fully saturated rings. The Labute approximate surface area is 245 Å². The number of furan rings is 1. The third-order valence-electron chi connectivity index (χ3n) is 6.28. The predicted octanol–water partition coefficient (Wildman–Crippen LogP) is 7.77. The lowest BCUT2D eigenvalue weighted by atomic mass is 10.1. The van der Waals surface area contributed by atoms with E-state index in [1.165, 1.54) is 11.8 Å². The highest BCUT2D eigenvalue weighted by molar-refractivity contribution is 8.26. The summed E-state index contributed by atoms with van der Waals surface area (Å²) in [6, 6.07) is 28.8. The Bertz CT molecular complexity index is 1710. The normalized spacial score (nSPS) is 14.3. The molecule has 198 valence electrons. The molecular weight excluding hydrogens is 562 g/mol. The van der Waals surface area contributed by atoms with Gasteiger partial charge in [-0.05, 0) is 48.5 Å². The summed E-state index contributed by atoms with van der Waals surface area (Å²) in [4.78, 5) is 15.4. The summed E-state index contributed by atoms with van der Waals surface area (Å²) in [5.74, 6) is 1.19. The number of aromatic nitrogens is 2. The minimum Gasteiger partial charge on any atom is -0.489 e. The van der Waals surface area contributed by atoms with Gasteiger partial charge in [0.1, 0.15) is 28.1 Å². The van der Waals surface area contributed by atoms with Crippen molar-refractivity contribution < 1.29 is 13.9 Å². The SMILES string of the molecule is O=C1/C(=C/c2cn(-c3ccccc3)nc2-c2cccc(OCc3ccccc3Cl)c2)SC(=S)N1Cc1ccco1. The molecule has 0 bridgehead atoms. The van der Waals surface area contributed by atoms with Crippen LogP contribution < -0.4 is 4.74 Å². The number of thiocarbonyl (C=S) groups is 1. The van der Waals surface area contributed by atoms with Gasteiger partial charge in [-0.3, -0.25) is 9.69 Å². The van der Waals surface area contributed by atoms with Crippen molar-refractivity contribution in [3.63, 3.8) is 0 Å². The summed E-state index contributed by atoms with van der Waals surface area (Å²) in [6.07, 6.45) is 5.35. The highest BCUT2D eigenvalue weighted by atomic mass is 35.5. The van der Waals surface area contributed by atoms with Crippen molar-refractivity contribution in [2.75, 3.05) is 0 Å². The molecule has 0 saturated carbocycles. The summed E-state index contributed by atoms with van der Waals surface area (Å²) in [7, 11) is 0. The molecule has 9 heteroatoms. The molecule has 0 radical (unpaired) electrons. The molecular formula is C31H22ClN3O3S2. The number of nitrogens with zero attached hydrogens (tertiary/aromatic N) is 3. The van der Waals surface area contributed by atoms with Crippen molar-refractivity contribution in [1.82, 2.24) is 14.7 Å². The first kappa shape index (κ1) is 26.1. The fourth-order valence-electron chi connectivity index (χ4n) is 4.28. The first-order valence-corrected chi connectivity index (χ1v) is 14.0. The van der Waals surface area contributed by atoms with Gasteiger partial charge in [0.25, 0.3) is 5.91 Å². The minimum atomic E-state index is -0.165. The van der Waals surface area contributed by atoms with Crippen molar-refractivity contribution in [2.24, 2.45) is 0 Å². The Morgan fingerprint density at radius 2 is 1.82 bits per heavy atom. The van der Waals surface area contributed by atoms with Crippen molar-refractivity contribution >= 4 is 51.9 Å². The molecule has 1 saturated heterocycles. The Kier molecular flexibility index (Phi) is 7.55. The Morgan fingerprint density at radius 3 is 2.62 bits per heavy atom. The van der Waals surface area contributed by atoms with Crippen LogP contribution in [-0.4, -0.2) is 24.9 Å². The lowest BCUT2D eigenvalue weighted by Gasteiger charge is -2.12. The molecule has 3 heterocycles. The second-order valence-electron chi connectivity index (χ2n) is 8.97. The van der Waals surface area contributed by atoms with Gasteiger partial charge in [0.15, 0.2) is 0 Å². The van der Waals surface area contributed by atoms with Gasteiger partial charge >= 0.3 is 0 Å². The van der Waals surface area contributed by atoms with Crippen LogP contribution in [0.3, 0.4) is 0 Å². The molecule has 5 aromatic rings. The number of hydrogen-bond acceptors (Lipinski definition) is 6. The minimum absolute atomic E-state index is 0.165. The zero-order chi connectivity index (χ0) is 27.5. The second-order valence-corrected chi connectivity index (χ2v) is 11.1. The molecule has 0 aliphatic carbocycles. The fraction of sp³-hybridized carbons (Fsp3) is 0.0645. The van der Waals surface area contributed by atoms with Gasteiger partial charge in [0, 0.05) is 27.9 Å². The van der Waals surface area contributed by atoms with Crippen molar-refractivity contribution in [1.29, 1.82) is 0 Å². The fourth-order valence-corrected chi connectivity index (χ4v) is 5.71. The highest BCUT2D eigenvalue weighted by Crippen LogP contribution is 2.36. The molecule has 1 aliphatic heterocycles. The van der Waals surface area contributed by atoms with Gasteiger partial charge in [-0.1, -0.05) is 84.1 Å². The van der Waals surface area contributed by atoms with Crippen LogP contribution in [0.2, 0.25) is 5.02 Å². The Morgan fingerprint density at radius 1 is 1.00 bits per heavy atom. The summed E-state index contributed by atoms with van der Waals surface area (Å²) in [6.45, 7) is 0.628. The number of hydrogen-bond donors (Lipinski definition) is 0. The predicted molar refractivity (Wildman–Crippen MR) is 162 cm³/mol. The van der Waals surface area contributed by atoms with E-state index in [-0.39, 0.29) is 12.5 Å². The van der Waals surface area contributed by atoms with Gasteiger partial charge in [0.05, 0.1) is 23.4 Å². The standard InChI is InChI=1S/C31H22ClN3O3S2/c32-27-14-5-4-8-22(27)20-38-25-12-6-9-21(16-25)29-23(18-35(33-29)24-10-2-1-3-11-24)17-28-30(36)34(31(39)40-28)19-26-13-7-15-37-26/h1-18H,19-20H2/b28-17-. The monoisotopic (exact) mass is 583 g/mol. The smallest absolute Gasteiger partial charge is 0.266 e. The van der Waals surface area contributed by atoms with E-state index in [0.29, 0.717) is 38.1 Å². The summed E-state index contributed by atoms with van der Waals surface area (Å²) in [5.41, 5.74) is 4.15. The van der Waals surface area contributed by atoms with Crippen molar-refractivity contribution in [3.05, 3.63) is 130 Å². The maximum absolute atomic E-state index is 13.3. The number of para-hydroxylation sites is 1. The number of rotatable bonds is 8. The molecule has 2 aromatic heterocycles. The molecule has 0 unspecified atom stereocenters. The maximum atomic E-state index is 13.3. The molecule has 6 rings (SSSR count). The van der Waals surface area contributed by atoms with Crippen LogP contribution in [-0.2, 0) is 17.9 Å². The number of benzene rings is 3. The number of amides is 1.